The Bertz CT molecular complexity index is 497. The van der Waals surface area contributed by atoms with E-state index >= 15 is 0 Å². The Morgan fingerprint density at radius 3 is 2.84 bits per heavy atom. The van der Waals surface area contributed by atoms with E-state index in [1.54, 1.807) is 13.3 Å². The van der Waals surface area contributed by atoms with Gasteiger partial charge in [0.25, 0.3) is 0 Å². The Morgan fingerprint density at radius 1 is 1.26 bits per heavy atom. The third-order valence-electron chi connectivity index (χ3n) is 2.67. The molecule has 0 saturated carbocycles. The SMILES string of the molecule is CCOc1cccc(CNCc2ccno2)c1OC. The third-order valence-corrected chi connectivity index (χ3v) is 2.67. The molecule has 1 N–H and O–H groups in total. The maximum absolute atomic E-state index is 5.54. The number of nitrogens with zero attached hydrogens (tertiary/aromatic N) is 1. The average molecular weight is 262 g/mol. The number of benzene rings is 1. The van der Waals surface area contributed by atoms with Crippen LogP contribution >= 0.6 is 0 Å². The van der Waals surface area contributed by atoms with Crippen molar-refractivity contribution in [2.45, 2.75) is 20.0 Å². The zero-order valence-electron chi connectivity index (χ0n) is 11.2. The summed E-state index contributed by atoms with van der Waals surface area (Å²) in [5, 5.41) is 6.94. The molecule has 0 unspecified atom stereocenters. The van der Waals surface area contributed by atoms with Crippen molar-refractivity contribution in [1.82, 2.24) is 10.5 Å². The van der Waals surface area contributed by atoms with E-state index in [0.717, 1.165) is 22.8 Å². The summed E-state index contributed by atoms with van der Waals surface area (Å²) in [6.45, 7) is 3.87. The number of aromatic nitrogens is 1. The van der Waals surface area contributed by atoms with Crippen LogP contribution in [-0.4, -0.2) is 18.9 Å². The first-order valence-corrected chi connectivity index (χ1v) is 6.24. The van der Waals surface area contributed by atoms with Gasteiger partial charge >= 0.3 is 0 Å². The van der Waals surface area contributed by atoms with Crippen LogP contribution in [0.5, 0.6) is 11.5 Å². The molecule has 1 aromatic carbocycles. The Morgan fingerprint density at radius 2 is 2.16 bits per heavy atom. The van der Waals surface area contributed by atoms with Crippen LogP contribution < -0.4 is 14.8 Å². The number of hydrogen-bond acceptors (Lipinski definition) is 5. The van der Waals surface area contributed by atoms with Crippen molar-refractivity contribution < 1.29 is 14.0 Å². The van der Waals surface area contributed by atoms with Crippen LogP contribution in [0.2, 0.25) is 0 Å². The lowest BCUT2D eigenvalue weighted by molar-refractivity contribution is 0.308. The van der Waals surface area contributed by atoms with Crippen molar-refractivity contribution in [1.29, 1.82) is 0 Å². The molecule has 0 atom stereocenters. The van der Waals surface area contributed by atoms with Gasteiger partial charge in [-0.05, 0) is 13.0 Å². The van der Waals surface area contributed by atoms with Gasteiger partial charge in [0.2, 0.25) is 0 Å². The number of rotatable bonds is 7. The second kappa shape index (κ2) is 6.80. The standard InChI is InChI=1S/C14H18N2O3/c1-3-18-13-6-4-5-11(14(13)17-2)9-15-10-12-7-8-16-19-12/h4-8,15H,3,9-10H2,1-2H3. The Balaban J connectivity index is 2.00. The summed E-state index contributed by atoms with van der Waals surface area (Å²) in [6.07, 6.45) is 1.63. The highest BCUT2D eigenvalue weighted by molar-refractivity contribution is 5.46. The molecule has 0 aliphatic carbocycles. The number of nitrogens with one attached hydrogen (secondary N) is 1. The molecule has 0 saturated heterocycles. The van der Waals surface area contributed by atoms with E-state index in [1.807, 2.05) is 31.2 Å². The van der Waals surface area contributed by atoms with Crippen LogP contribution in [0.25, 0.3) is 0 Å². The summed E-state index contributed by atoms with van der Waals surface area (Å²) in [5.74, 6) is 2.35. The van der Waals surface area contributed by atoms with Gasteiger partial charge in [-0.15, -0.1) is 0 Å². The topological polar surface area (TPSA) is 56.5 Å². The van der Waals surface area contributed by atoms with Crippen LogP contribution in [-0.2, 0) is 13.1 Å². The third kappa shape index (κ3) is 3.48. The normalized spacial score (nSPS) is 10.4. The van der Waals surface area contributed by atoms with Crippen LogP contribution in [0.1, 0.15) is 18.2 Å². The van der Waals surface area contributed by atoms with E-state index in [9.17, 15) is 0 Å². The summed E-state index contributed by atoms with van der Waals surface area (Å²) in [5.41, 5.74) is 1.05. The molecule has 1 aromatic heterocycles. The molecule has 0 amide bonds. The fraction of sp³-hybridized carbons (Fsp3) is 0.357. The first kappa shape index (κ1) is 13.4. The molecule has 5 heteroatoms. The molecule has 1 heterocycles. The van der Waals surface area contributed by atoms with Gasteiger partial charge in [-0.1, -0.05) is 17.3 Å². The lowest BCUT2D eigenvalue weighted by Crippen LogP contribution is -2.13. The van der Waals surface area contributed by atoms with Gasteiger partial charge in [0.15, 0.2) is 11.5 Å². The van der Waals surface area contributed by atoms with Gasteiger partial charge in [-0.2, -0.15) is 0 Å². The molecule has 19 heavy (non-hydrogen) atoms. The lowest BCUT2D eigenvalue weighted by atomic mass is 10.2. The molecule has 2 aromatic rings. The molecule has 0 radical (unpaired) electrons. The zero-order chi connectivity index (χ0) is 13.5. The smallest absolute Gasteiger partial charge is 0.165 e. The average Bonchev–Trinajstić information content (AvgIpc) is 2.93. The highest BCUT2D eigenvalue weighted by Gasteiger charge is 2.09. The molecular weight excluding hydrogens is 244 g/mol. The molecule has 0 aliphatic rings. The van der Waals surface area contributed by atoms with Gasteiger partial charge in [0.05, 0.1) is 26.5 Å². The predicted octanol–water partition coefficient (Wildman–Crippen LogP) is 2.37. The van der Waals surface area contributed by atoms with Gasteiger partial charge < -0.3 is 19.3 Å². The van der Waals surface area contributed by atoms with Crippen molar-refractivity contribution in [3.8, 4) is 11.5 Å². The maximum Gasteiger partial charge on any atom is 0.165 e. The monoisotopic (exact) mass is 262 g/mol. The Hall–Kier alpha value is -2.01. The number of para-hydroxylation sites is 1. The Labute approximate surface area is 112 Å². The second-order valence-electron chi connectivity index (χ2n) is 3.96. The fourth-order valence-electron chi connectivity index (χ4n) is 1.86. The second-order valence-corrected chi connectivity index (χ2v) is 3.96. The summed E-state index contributed by atoms with van der Waals surface area (Å²) in [7, 11) is 1.65. The van der Waals surface area contributed by atoms with Crippen LogP contribution in [0.3, 0.4) is 0 Å². The quantitative estimate of drug-likeness (QED) is 0.830. The number of hydrogen-bond donors (Lipinski definition) is 1. The minimum Gasteiger partial charge on any atom is -0.493 e. The van der Waals surface area contributed by atoms with Crippen molar-refractivity contribution in [3.05, 3.63) is 41.8 Å². The summed E-state index contributed by atoms with van der Waals surface area (Å²) >= 11 is 0. The fourth-order valence-corrected chi connectivity index (χ4v) is 1.86. The Kier molecular flexibility index (Phi) is 4.80. The largest absolute Gasteiger partial charge is 0.493 e. The van der Waals surface area contributed by atoms with Gasteiger partial charge in [-0.25, -0.2) is 0 Å². The van der Waals surface area contributed by atoms with Gasteiger partial charge in [0.1, 0.15) is 5.76 Å². The van der Waals surface area contributed by atoms with Crippen molar-refractivity contribution >= 4 is 0 Å². The minimum absolute atomic E-state index is 0.616. The number of methoxy groups -OCH3 is 1. The molecule has 0 bridgehead atoms. The molecule has 0 aliphatic heterocycles. The van der Waals surface area contributed by atoms with E-state index in [4.69, 9.17) is 14.0 Å². The first-order chi connectivity index (χ1) is 9.35. The van der Waals surface area contributed by atoms with Crippen molar-refractivity contribution in [2.75, 3.05) is 13.7 Å². The summed E-state index contributed by atoms with van der Waals surface area (Å²) < 4.78 is 16.0. The van der Waals surface area contributed by atoms with Gasteiger partial charge in [0, 0.05) is 18.2 Å². The van der Waals surface area contributed by atoms with E-state index in [2.05, 4.69) is 10.5 Å². The molecule has 2 rings (SSSR count). The molecule has 5 nitrogen and oxygen atoms in total. The first-order valence-electron chi connectivity index (χ1n) is 6.24. The molecule has 0 fully saturated rings. The highest BCUT2D eigenvalue weighted by Crippen LogP contribution is 2.30. The molecule has 0 spiro atoms. The van der Waals surface area contributed by atoms with Crippen molar-refractivity contribution in [2.24, 2.45) is 0 Å². The van der Waals surface area contributed by atoms with E-state index in [1.165, 1.54) is 0 Å². The van der Waals surface area contributed by atoms with E-state index in [0.29, 0.717) is 19.7 Å². The van der Waals surface area contributed by atoms with Crippen LogP contribution in [0.4, 0.5) is 0 Å². The van der Waals surface area contributed by atoms with Crippen molar-refractivity contribution in [3.63, 3.8) is 0 Å². The van der Waals surface area contributed by atoms with E-state index in [-0.39, 0.29) is 0 Å². The van der Waals surface area contributed by atoms with Crippen LogP contribution in [0.15, 0.2) is 35.0 Å². The van der Waals surface area contributed by atoms with E-state index < -0.39 is 0 Å². The number of ether oxygens (including phenoxy) is 2. The minimum atomic E-state index is 0.616. The van der Waals surface area contributed by atoms with Crippen LogP contribution in [0, 0.1) is 0 Å². The molecular formula is C14H18N2O3. The maximum atomic E-state index is 5.54. The summed E-state index contributed by atoms with van der Waals surface area (Å²) in [6, 6.07) is 7.71. The highest BCUT2D eigenvalue weighted by atomic mass is 16.5. The van der Waals surface area contributed by atoms with Gasteiger partial charge in [-0.3, -0.25) is 0 Å². The summed E-state index contributed by atoms with van der Waals surface area (Å²) in [4.78, 5) is 0. The zero-order valence-corrected chi connectivity index (χ0v) is 11.2. The lowest BCUT2D eigenvalue weighted by Gasteiger charge is -2.13. The molecule has 102 valence electrons. The predicted molar refractivity (Wildman–Crippen MR) is 71.2 cm³/mol.